The van der Waals surface area contributed by atoms with Crippen molar-refractivity contribution in [3.8, 4) is 17.3 Å². The Bertz CT molecular complexity index is 1160. The molecule has 1 aliphatic carbocycles. The Labute approximate surface area is 167 Å². The van der Waals surface area contributed by atoms with E-state index in [0.717, 1.165) is 0 Å². The molecule has 7 nitrogen and oxygen atoms in total. The van der Waals surface area contributed by atoms with E-state index in [1.165, 1.54) is 18.4 Å². The molecule has 1 unspecified atom stereocenters. The highest BCUT2D eigenvalue weighted by Crippen LogP contribution is 2.45. The van der Waals surface area contributed by atoms with E-state index < -0.39 is 21.8 Å². The zero-order chi connectivity index (χ0) is 21.1. The van der Waals surface area contributed by atoms with Gasteiger partial charge in [0.2, 0.25) is 5.95 Å². The van der Waals surface area contributed by atoms with Gasteiger partial charge in [0, 0.05) is 30.3 Å². The van der Waals surface area contributed by atoms with Crippen molar-refractivity contribution in [2.45, 2.75) is 42.7 Å². The van der Waals surface area contributed by atoms with Gasteiger partial charge >= 0.3 is 0 Å². The largest absolute Gasteiger partial charge is 0.389 e. The van der Waals surface area contributed by atoms with Crippen molar-refractivity contribution >= 4 is 15.7 Å². The van der Waals surface area contributed by atoms with Crippen LogP contribution in [0.3, 0.4) is 0 Å². The molecule has 0 saturated carbocycles. The molecule has 4 rings (SSSR count). The second-order valence-corrected chi connectivity index (χ2v) is 9.66. The molecule has 1 saturated heterocycles. The normalized spacial score (nSPS) is 24.3. The number of nitrogens with zero attached hydrogens (tertiary/aromatic N) is 4. The monoisotopic (exact) mass is 419 g/mol. The molecule has 10 heteroatoms. The molecule has 3 atom stereocenters. The predicted octanol–water partition coefficient (Wildman–Crippen LogP) is 2.66. The number of nitrogens with one attached hydrogen (secondary N) is 1. The highest BCUT2D eigenvalue weighted by atomic mass is 32.2. The van der Waals surface area contributed by atoms with Crippen LogP contribution in [-0.4, -0.2) is 44.2 Å². The maximum Gasteiger partial charge on any atom is 0.290 e. The van der Waals surface area contributed by atoms with Gasteiger partial charge in [0.05, 0.1) is 38.0 Å². The van der Waals surface area contributed by atoms with Crippen LogP contribution in [0.1, 0.15) is 30.2 Å². The average molecular weight is 419 g/mol. The molecule has 29 heavy (non-hydrogen) atoms. The van der Waals surface area contributed by atoms with Crippen molar-refractivity contribution in [3.05, 3.63) is 35.0 Å². The molecule has 1 aromatic heterocycles. The molecule has 1 aliphatic heterocycles. The SMILES string of the molecule is C[C@H]1[C@H](O)CN1c1nc(-c2ccc(C#N)c(S(C)(=N)=O)c2)c2c(n1)C(F)(F)CC2. The summed E-state index contributed by atoms with van der Waals surface area (Å²) in [5.74, 6) is -2.98. The predicted molar refractivity (Wildman–Crippen MR) is 102 cm³/mol. The molecule has 0 spiro atoms. The van der Waals surface area contributed by atoms with E-state index in [-0.39, 0.29) is 53.2 Å². The number of aliphatic hydroxyl groups is 1. The van der Waals surface area contributed by atoms with E-state index in [0.29, 0.717) is 11.1 Å². The number of nitriles is 1. The molecule has 2 heterocycles. The van der Waals surface area contributed by atoms with Crippen LogP contribution in [0.2, 0.25) is 0 Å². The number of hydrogen-bond donors (Lipinski definition) is 2. The van der Waals surface area contributed by atoms with Gasteiger partial charge in [0.1, 0.15) is 11.8 Å². The lowest BCUT2D eigenvalue weighted by molar-refractivity contribution is -0.00603. The fourth-order valence-corrected chi connectivity index (χ4v) is 4.60. The van der Waals surface area contributed by atoms with Crippen molar-refractivity contribution in [1.82, 2.24) is 9.97 Å². The molecule has 0 bridgehead atoms. The zero-order valence-corrected chi connectivity index (χ0v) is 16.6. The summed E-state index contributed by atoms with van der Waals surface area (Å²) < 4.78 is 49.2. The summed E-state index contributed by atoms with van der Waals surface area (Å²) >= 11 is 0. The summed E-state index contributed by atoms with van der Waals surface area (Å²) in [6.45, 7) is 2.01. The first-order valence-corrected chi connectivity index (χ1v) is 11.0. The van der Waals surface area contributed by atoms with Gasteiger partial charge in [-0.25, -0.2) is 19.0 Å². The Morgan fingerprint density at radius 1 is 1.41 bits per heavy atom. The van der Waals surface area contributed by atoms with Crippen LogP contribution in [-0.2, 0) is 22.1 Å². The molecule has 0 amide bonds. The van der Waals surface area contributed by atoms with Crippen LogP contribution in [0.25, 0.3) is 11.3 Å². The molecule has 1 fully saturated rings. The first kappa shape index (κ1) is 19.7. The maximum atomic E-state index is 14.5. The van der Waals surface area contributed by atoms with Crippen molar-refractivity contribution in [2.75, 3.05) is 17.7 Å². The van der Waals surface area contributed by atoms with Crippen LogP contribution < -0.4 is 4.90 Å². The number of hydrogen-bond acceptors (Lipinski definition) is 7. The fourth-order valence-electron chi connectivity index (χ4n) is 3.72. The third-order valence-corrected chi connectivity index (χ3v) is 6.69. The third kappa shape index (κ3) is 3.14. The minimum Gasteiger partial charge on any atom is -0.389 e. The van der Waals surface area contributed by atoms with Crippen LogP contribution in [0.4, 0.5) is 14.7 Å². The Hall–Kier alpha value is -2.64. The first-order valence-electron chi connectivity index (χ1n) is 9.05. The molecule has 2 aliphatic rings. The number of aliphatic hydroxyl groups excluding tert-OH is 1. The highest BCUT2D eigenvalue weighted by Gasteiger charge is 2.45. The van der Waals surface area contributed by atoms with Gasteiger partial charge < -0.3 is 10.0 Å². The van der Waals surface area contributed by atoms with E-state index in [1.807, 2.05) is 6.07 Å². The Balaban J connectivity index is 1.93. The number of aromatic nitrogens is 2. The second-order valence-electron chi connectivity index (χ2n) is 7.53. The van der Waals surface area contributed by atoms with Gasteiger partial charge in [-0.1, -0.05) is 6.07 Å². The Morgan fingerprint density at radius 2 is 2.14 bits per heavy atom. The minimum atomic E-state index is -3.21. The van der Waals surface area contributed by atoms with Crippen molar-refractivity contribution in [2.24, 2.45) is 0 Å². The van der Waals surface area contributed by atoms with Crippen LogP contribution >= 0.6 is 0 Å². The summed E-state index contributed by atoms with van der Waals surface area (Å²) in [5, 5.41) is 19.0. The number of alkyl halides is 2. The molecule has 2 N–H and O–H groups in total. The van der Waals surface area contributed by atoms with Gasteiger partial charge in [-0.15, -0.1) is 0 Å². The van der Waals surface area contributed by atoms with E-state index in [1.54, 1.807) is 17.9 Å². The summed E-state index contributed by atoms with van der Waals surface area (Å²) in [4.78, 5) is 10.3. The summed E-state index contributed by atoms with van der Waals surface area (Å²) in [6.07, 6.45) is 0.344. The van der Waals surface area contributed by atoms with E-state index in [4.69, 9.17) is 4.78 Å². The number of β-amino-alcohol motifs (C(OH)–C–C–N with tert-alkyl or cyclic N) is 1. The minimum absolute atomic E-state index is 0.0453. The van der Waals surface area contributed by atoms with Crippen LogP contribution in [0.15, 0.2) is 23.1 Å². The van der Waals surface area contributed by atoms with E-state index in [2.05, 4.69) is 9.97 Å². The van der Waals surface area contributed by atoms with Gasteiger partial charge in [-0.05, 0) is 25.5 Å². The number of benzene rings is 1. The average Bonchev–Trinajstić information content (AvgIpc) is 2.98. The van der Waals surface area contributed by atoms with E-state index in [9.17, 15) is 23.4 Å². The molecule has 1 aromatic carbocycles. The number of rotatable bonds is 3. The van der Waals surface area contributed by atoms with E-state index >= 15 is 0 Å². The number of halogens is 2. The summed E-state index contributed by atoms with van der Waals surface area (Å²) in [6, 6.07) is 6.03. The standard InChI is InChI=1S/C19H19F2N5O2S/c1-10-14(27)9-26(10)18-24-16(13-5-6-19(20,21)17(13)25-18)11-3-4-12(8-22)15(7-11)29(2,23)28/h3-4,7,10,14,23,27H,5-6,9H2,1-2H3/t10-,14+,29?/m0/s1. The molecule has 152 valence electrons. The van der Waals surface area contributed by atoms with Gasteiger partial charge in [-0.3, -0.25) is 0 Å². The molecule has 2 aromatic rings. The summed E-state index contributed by atoms with van der Waals surface area (Å²) in [7, 11) is -3.21. The summed E-state index contributed by atoms with van der Waals surface area (Å²) in [5.41, 5.74) is 0.778. The fraction of sp³-hybridized carbons (Fsp3) is 0.421. The first-order chi connectivity index (χ1) is 13.5. The lowest BCUT2D eigenvalue weighted by Gasteiger charge is -2.43. The maximum absolute atomic E-state index is 14.5. The zero-order valence-electron chi connectivity index (χ0n) is 15.8. The second kappa shape index (κ2) is 6.43. The Kier molecular flexibility index (Phi) is 4.36. The van der Waals surface area contributed by atoms with Gasteiger partial charge in [-0.2, -0.15) is 14.0 Å². The van der Waals surface area contributed by atoms with Crippen molar-refractivity contribution in [3.63, 3.8) is 0 Å². The van der Waals surface area contributed by atoms with Crippen molar-refractivity contribution < 1.29 is 18.1 Å². The van der Waals surface area contributed by atoms with Gasteiger partial charge in [0.25, 0.3) is 5.92 Å². The topological polar surface area (TPSA) is 114 Å². The smallest absolute Gasteiger partial charge is 0.290 e. The highest BCUT2D eigenvalue weighted by molar-refractivity contribution is 7.91. The molecular formula is C19H19F2N5O2S. The van der Waals surface area contributed by atoms with Crippen LogP contribution in [0, 0.1) is 16.1 Å². The molecule has 0 radical (unpaired) electrons. The molecular weight excluding hydrogens is 400 g/mol. The lowest BCUT2D eigenvalue weighted by atomic mass is 10.0. The van der Waals surface area contributed by atoms with Gasteiger partial charge in [0.15, 0.2) is 0 Å². The lowest BCUT2D eigenvalue weighted by Crippen LogP contribution is -2.59. The number of fused-ring (bicyclic) bond motifs is 1. The van der Waals surface area contributed by atoms with Crippen molar-refractivity contribution in [1.29, 1.82) is 10.0 Å². The van der Waals surface area contributed by atoms with Crippen LogP contribution in [0.5, 0.6) is 0 Å². The Morgan fingerprint density at radius 3 is 2.72 bits per heavy atom. The third-order valence-electron chi connectivity index (χ3n) is 5.52. The quantitative estimate of drug-likeness (QED) is 0.791. The number of anilines is 1.